The predicted octanol–water partition coefficient (Wildman–Crippen LogP) is 8.25. The van der Waals surface area contributed by atoms with Crippen LogP contribution in [0.25, 0.3) is 0 Å². The summed E-state index contributed by atoms with van der Waals surface area (Å²) in [6, 6.07) is 5.64. The van der Waals surface area contributed by atoms with E-state index in [4.69, 9.17) is 28.0 Å². The topological polar surface area (TPSA) is 41.9 Å². The molecule has 2 aromatic rings. The van der Waals surface area contributed by atoms with Gasteiger partial charge in [-0.25, -0.2) is 0 Å². The molecular weight excluding hydrogens is 545 g/mol. The van der Waals surface area contributed by atoms with Crippen LogP contribution >= 0.6 is 23.2 Å². The molecule has 1 amide bonds. The van der Waals surface area contributed by atoms with Crippen molar-refractivity contribution < 1.29 is 36.0 Å². The number of rotatable bonds is 8. The summed E-state index contributed by atoms with van der Waals surface area (Å²) < 4.78 is 79.6. The number of carbonyl (C=O) groups is 1. The number of amides is 1. The molecule has 0 aliphatic heterocycles. The molecule has 1 atom stereocenters. The monoisotopic (exact) mass is 568 g/mol. The number of benzene rings is 2. The highest BCUT2D eigenvalue weighted by atomic mass is 35.5. The van der Waals surface area contributed by atoms with Gasteiger partial charge in [0.2, 0.25) is 0 Å². The van der Waals surface area contributed by atoms with Crippen molar-refractivity contribution in [2.45, 2.75) is 38.5 Å². The molecule has 2 rings (SSSR count). The van der Waals surface area contributed by atoms with Crippen molar-refractivity contribution in [3.8, 4) is 0 Å². The van der Waals surface area contributed by atoms with Gasteiger partial charge in [-0.15, -0.1) is 0 Å². The number of nitrogens with zero attached hydrogens (tertiary/aromatic N) is 2. The number of allylic oxidation sites excluding steroid dienone is 2. The molecule has 0 aromatic heterocycles. The Hall–Kier alpha value is -2.72. The highest BCUT2D eigenvalue weighted by molar-refractivity contribution is 6.42. The predicted molar refractivity (Wildman–Crippen MR) is 131 cm³/mol. The van der Waals surface area contributed by atoms with Crippen molar-refractivity contribution in [3.05, 3.63) is 80.3 Å². The van der Waals surface area contributed by atoms with Crippen LogP contribution in [-0.2, 0) is 17.2 Å². The lowest BCUT2D eigenvalue weighted by atomic mass is 9.89. The van der Waals surface area contributed by atoms with Crippen LogP contribution in [0, 0.1) is 0 Å². The fraction of sp³-hybridized carbons (Fsp3) is 0.360. The van der Waals surface area contributed by atoms with E-state index in [1.165, 1.54) is 14.2 Å². The van der Waals surface area contributed by atoms with Gasteiger partial charge in [0.05, 0.1) is 33.4 Å². The molecule has 0 saturated carbocycles. The smallest absolute Gasteiger partial charge is 0.399 e. The van der Waals surface area contributed by atoms with E-state index in [9.17, 15) is 31.1 Å². The van der Waals surface area contributed by atoms with Gasteiger partial charge in [-0.1, -0.05) is 46.1 Å². The number of hydrogen-bond acceptors (Lipinski definition) is 3. The largest absolute Gasteiger partial charge is 0.416 e. The summed E-state index contributed by atoms with van der Waals surface area (Å²) in [5, 5.41) is 4.60. The first-order valence-electron chi connectivity index (χ1n) is 10.8. The third kappa shape index (κ3) is 8.39. The molecule has 12 heteroatoms. The zero-order valence-electron chi connectivity index (χ0n) is 20.3. The molecule has 0 aliphatic carbocycles. The molecule has 1 unspecified atom stereocenters. The number of alkyl halides is 6. The lowest BCUT2D eigenvalue weighted by molar-refractivity contribution is -0.143. The fourth-order valence-corrected chi connectivity index (χ4v) is 3.79. The number of oxime groups is 1. The Bertz CT molecular complexity index is 1160. The Labute approximate surface area is 220 Å². The Kier molecular flexibility index (Phi) is 10.1. The van der Waals surface area contributed by atoms with Crippen molar-refractivity contribution in [1.82, 2.24) is 4.90 Å². The fourth-order valence-electron chi connectivity index (χ4n) is 3.48. The summed E-state index contributed by atoms with van der Waals surface area (Å²) >= 11 is 12.2. The van der Waals surface area contributed by atoms with Crippen LogP contribution in [0.5, 0.6) is 0 Å². The summed E-state index contributed by atoms with van der Waals surface area (Å²) in [4.78, 5) is 18.9. The SMILES string of the molecule is CON=C(CN(C)C(=O)c1cc(C(F)(F)F)cc(C(F)(F)F)c1)C(CC=C(C)C)c1ccc(Cl)c(Cl)c1. The average Bonchev–Trinajstić information content (AvgIpc) is 2.79. The van der Waals surface area contributed by atoms with Crippen molar-refractivity contribution in [1.29, 1.82) is 0 Å². The normalized spacial score (nSPS) is 13.2. The van der Waals surface area contributed by atoms with Crippen LogP contribution in [0.2, 0.25) is 10.0 Å². The molecule has 2 aromatic carbocycles. The first kappa shape index (κ1) is 30.5. The van der Waals surface area contributed by atoms with E-state index < -0.39 is 40.9 Å². The molecule has 202 valence electrons. The van der Waals surface area contributed by atoms with Crippen molar-refractivity contribution in [2.75, 3.05) is 20.7 Å². The molecule has 0 spiro atoms. The van der Waals surface area contributed by atoms with Crippen molar-refractivity contribution in [2.24, 2.45) is 5.16 Å². The first-order chi connectivity index (χ1) is 17.0. The van der Waals surface area contributed by atoms with Crippen LogP contribution in [0.4, 0.5) is 26.3 Å². The molecule has 0 aliphatic rings. The zero-order chi connectivity index (χ0) is 28.1. The minimum Gasteiger partial charge on any atom is -0.399 e. The van der Waals surface area contributed by atoms with Crippen LogP contribution in [-0.4, -0.2) is 37.2 Å². The number of hydrogen-bond donors (Lipinski definition) is 0. The molecule has 0 N–H and O–H groups in total. The summed E-state index contributed by atoms with van der Waals surface area (Å²) in [7, 11) is 2.52. The van der Waals surface area contributed by atoms with E-state index >= 15 is 0 Å². The van der Waals surface area contributed by atoms with E-state index in [1.807, 2.05) is 19.9 Å². The van der Waals surface area contributed by atoms with Gasteiger partial charge in [0.25, 0.3) is 5.91 Å². The Morgan fingerprint density at radius 1 is 1.00 bits per heavy atom. The Morgan fingerprint density at radius 3 is 2.03 bits per heavy atom. The average molecular weight is 569 g/mol. The lowest BCUT2D eigenvalue weighted by Gasteiger charge is -2.24. The van der Waals surface area contributed by atoms with Gasteiger partial charge in [-0.2, -0.15) is 26.3 Å². The summed E-state index contributed by atoms with van der Waals surface area (Å²) in [6.45, 7) is 3.49. The summed E-state index contributed by atoms with van der Waals surface area (Å²) in [5.74, 6) is -1.55. The summed E-state index contributed by atoms with van der Waals surface area (Å²) in [6.07, 6.45) is -7.86. The maximum Gasteiger partial charge on any atom is 0.416 e. The van der Waals surface area contributed by atoms with Gasteiger partial charge >= 0.3 is 12.4 Å². The van der Waals surface area contributed by atoms with E-state index in [-0.39, 0.29) is 23.3 Å². The quantitative estimate of drug-likeness (QED) is 0.139. The van der Waals surface area contributed by atoms with Crippen LogP contribution in [0.3, 0.4) is 0 Å². The molecule has 0 fully saturated rings. The zero-order valence-corrected chi connectivity index (χ0v) is 21.8. The third-order valence-corrected chi connectivity index (χ3v) is 6.04. The van der Waals surface area contributed by atoms with Gasteiger partial charge in [0, 0.05) is 18.5 Å². The second-order valence-corrected chi connectivity index (χ2v) is 9.28. The Balaban J connectivity index is 2.49. The van der Waals surface area contributed by atoms with Crippen LogP contribution in [0.15, 0.2) is 53.2 Å². The minimum atomic E-state index is -5.08. The molecule has 4 nitrogen and oxygen atoms in total. The number of carbonyl (C=O) groups excluding carboxylic acids is 1. The number of halogens is 8. The molecule has 0 heterocycles. The highest BCUT2D eigenvalue weighted by Crippen LogP contribution is 2.37. The maximum atomic E-state index is 13.3. The van der Waals surface area contributed by atoms with E-state index in [0.717, 1.165) is 10.5 Å². The minimum absolute atomic E-state index is 0.0334. The van der Waals surface area contributed by atoms with E-state index in [0.29, 0.717) is 29.1 Å². The molecule has 37 heavy (non-hydrogen) atoms. The second kappa shape index (κ2) is 12.2. The van der Waals surface area contributed by atoms with Gasteiger partial charge in [-0.3, -0.25) is 4.79 Å². The van der Waals surface area contributed by atoms with Crippen LogP contribution < -0.4 is 0 Å². The Morgan fingerprint density at radius 2 is 1.57 bits per heavy atom. The standard InChI is InChI=1S/C25H24Cl2F6N2O2/c1-14(2)5-7-19(15-6-8-20(26)21(27)11-15)22(34-37-4)13-35(3)23(36)16-9-17(24(28,29)30)12-18(10-16)25(31,32)33/h5-6,8-12,19H,7,13H2,1-4H3. The van der Waals surface area contributed by atoms with Gasteiger partial charge in [-0.05, 0) is 56.2 Å². The van der Waals surface area contributed by atoms with E-state index in [1.54, 1.807) is 18.2 Å². The summed E-state index contributed by atoms with van der Waals surface area (Å²) in [5.41, 5.74) is -1.99. The molecule has 0 bridgehead atoms. The van der Waals surface area contributed by atoms with E-state index in [2.05, 4.69) is 5.16 Å². The van der Waals surface area contributed by atoms with Gasteiger partial charge < -0.3 is 9.74 Å². The highest BCUT2D eigenvalue weighted by Gasteiger charge is 2.38. The van der Waals surface area contributed by atoms with Crippen LogP contribution in [0.1, 0.15) is 53.2 Å². The van der Waals surface area contributed by atoms with Gasteiger partial charge in [0.15, 0.2) is 0 Å². The van der Waals surface area contributed by atoms with Crippen molar-refractivity contribution in [3.63, 3.8) is 0 Å². The maximum absolute atomic E-state index is 13.3. The molecule has 0 saturated heterocycles. The van der Waals surface area contributed by atoms with Gasteiger partial charge in [0.1, 0.15) is 7.11 Å². The first-order valence-corrected chi connectivity index (χ1v) is 11.5. The van der Waals surface area contributed by atoms with Crippen molar-refractivity contribution >= 4 is 34.8 Å². The molecule has 0 radical (unpaired) electrons. The third-order valence-electron chi connectivity index (χ3n) is 5.30. The lowest BCUT2D eigenvalue weighted by Crippen LogP contribution is -2.35. The molecular formula is C25H24Cl2F6N2O2. The second-order valence-electron chi connectivity index (χ2n) is 8.46.